The number of nitrogens with zero attached hydrogens (tertiary/aromatic N) is 12. The number of fused-ring (bicyclic) bond motifs is 1. The Labute approximate surface area is 640 Å². The summed E-state index contributed by atoms with van der Waals surface area (Å²) in [6, 6.07) is 98.9. The Morgan fingerprint density at radius 3 is 0.351 bits per heavy atom. The van der Waals surface area contributed by atoms with E-state index in [1.165, 1.54) is 0 Å². The highest BCUT2D eigenvalue weighted by Gasteiger charge is 2.19. The summed E-state index contributed by atoms with van der Waals surface area (Å²) in [7, 11) is 0. The van der Waals surface area contributed by atoms with E-state index in [1.54, 1.807) is 0 Å². The fourth-order valence-corrected chi connectivity index (χ4v) is 13.2. The monoisotopic (exact) mass is 1420 g/mol. The molecule has 4 aromatic heterocycles. The Kier molecular flexibility index (Phi) is 17.5. The van der Waals surface area contributed by atoms with E-state index >= 15 is 0 Å². The van der Waals surface area contributed by atoms with Gasteiger partial charge in [-0.1, -0.05) is 351 Å². The van der Waals surface area contributed by atoms with E-state index in [0.717, 1.165) is 134 Å². The molecule has 0 radical (unpaired) electrons. The lowest BCUT2D eigenvalue weighted by Crippen LogP contribution is -2.00. The van der Waals surface area contributed by atoms with Gasteiger partial charge in [-0.2, -0.15) is 0 Å². The quantitative estimate of drug-likeness (QED) is 0.133. The molecule has 42 rings (SSSR count). The molecule has 0 saturated heterocycles. The molecule has 12 aromatic carbocycles. The molecule has 111 heavy (non-hydrogen) atoms. The molecule has 16 aromatic rings. The van der Waals surface area contributed by atoms with Crippen LogP contribution in [0.25, 0.3) is 210 Å². The lowest BCUT2D eigenvalue weighted by molar-refractivity contribution is 1.07. The number of hydrogen-bond donors (Lipinski definition) is 0. The third-order valence-electron chi connectivity index (χ3n) is 19.5. The smallest absolute Gasteiger partial charge is 0.164 e. The van der Waals surface area contributed by atoms with Crippen LogP contribution in [0.15, 0.2) is 308 Å². The Morgan fingerprint density at radius 1 is 0.117 bits per heavy atom. The summed E-state index contributed by atoms with van der Waals surface area (Å²) in [6.45, 7) is 0. The van der Waals surface area contributed by atoms with Crippen molar-refractivity contribution >= 4 is 72.9 Å². The van der Waals surface area contributed by atoms with Gasteiger partial charge in [-0.15, -0.1) is 5.73 Å². The van der Waals surface area contributed by atoms with Gasteiger partial charge in [0.15, 0.2) is 69.9 Å². The third kappa shape index (κ3) is 14.8. The van der Waals surface area contributed by atoms with Gasteiger partial charge in [-0.3, -0.25) is 0 Å². The minimum atomic E-state index is 0.536. The summed E-state index contributed by atoms with van der Waals surface area (Å²) in [4.78, 5) is 61.7. The van der Waals surface area contributed by atoms with Crippen LogP contribution in [-0.2, 0) is 0 Å². The summed E-state index contributed by atoms with van der Waals surface area (Å²) in [5.41, 5.74) is 31.9. The van der Waals surface area contributed by atoms with Gasteiger partial charge in [0.25, 0.3) is 0 Å². The van der Waals surface area contributed by atoms with Gasteiger partial charge >= 0.3 is 0 Å². The van der Waals surface area contributed by atoms with E-state index in [4.69, 9.17) is 59.8 Å². The first-order valence-electron chi connectivity index (χ1n) is 36.4. The van der Waals surface area contributed by atoms with E-state index in [2.05, 4.69) is 272 Å². The average Bonchev–Trinajstić information content (AvgIpc) is 0.812. The van der Waals surface area contributed by atoms with Crippen molar-refractivity contribution in [2.24, 2.45) is 0 Å². The summed E-state index contributed by atoms with van der Waals surface area (Å²) in [5, 5.41) is 0. The maximum absolute atomic E-state index is 5.16. The molecule has 0 fully saturated rings. The summed E-state index contributed by atoms with van der Waals surface area (Å²) in [5.74, 6) is 6.53. The highest BCUT2D eigenvalue weighted by atomic mass is 15.1. The first kappa shape index (κ1) is 66.2. The van der Waals surface area contributed by atoms with Crippen molar-refractivity contribution < 1.29 is 0 Å². The predicted molar refractivity (Wildman–Crippen MR) is 449 cm³/mol. The Bertz CT molecular complexity index is 6490. The van der Waals surface area contributed by atoms with E-state index in [-0.39, 0.29) is 0 Å². The molecule has 12 nitrogen and oxygen atoms in total. The number of benzene rings is 12. The molecule has 0 unspecified atom stereocenters. The minimum Gasteiger partial charge on any atom is -0.208 e. The lowest BCUT2D eigenvalue weighted by atomic mass is 10.1. The van der Waals surface area contributed by atoms with Crippen molar-refractivity contribution in [3.05, 3.63) is 375 Å². The first-order valence-corrected chi connectivity index (χ1v) is 36.4. The molecule has 0 aliphatic carbocycles. The fraction of sp³-hybridized carbons (Fsp3) is 0. The Morgan fingerprint density at radius 2 is 0.225 bits per heavy atom. The van der Waals surface area contributed by atoms with Gasteiger partial charge in [-0.05, 0) is 91.1 Å². The molecular weight excluding hydrogens is 1360 g/mol. The second-order valence-corrected chi connectivity index (χ2v) is 27.1. The van der Waals surface area contributed by atoms with Gasteiger partial charge in [0, 0.05) is 66.8 Å². The zero-order valence-electron chi connectivity index (χ0n) is 59.5. The zero-order valence-corrected chi connectivity index (χ0v) is 59.5. The van der Waals surface area contributed by atoms with Crippen LogP contribution < -0.4 is 0 Å². The maximum atomic E-state index is 5.16. The SMILES string of the molecule is C1=C=Cc2ccc(cc2)-c2nc3nc(n2)-c2ccc(cc2)/C=C\c2ccc(cc2)-c2nc4nc(n2)-c2ccc(cc2)C=Cc2ccc(cc2)-c2nc(nc(n2)-c2ccc(cc2)/C=C\c2ccc-3cc2)-c2ccc(cc2)C=C=Cc2ccc(cc2)-c2nc(nc(n2)-c2ccc(cc2)C=Cc2ccc-4cc2)-c2ccc(cc2)C=1. The van der Waals surface area contributed by atoms with Crippen LogP contribution in [0.2, 0.25) is 0 Å². The van der Waals surface area contributed by atoms with Crippen LogP contribution in [0.4, 0.5) is 0 Å². The van der Waals surface area contributed by atoms with Crippen molar-refractivity contribution in [2.75, 3.05) is 0 Å². The van der Waals surface area contributed by atoms with Gasteiger partial charge in [0.1, 0.15) is 0 Å². The molecule has 12 heteroatoms. The van der Waals surface area contributed by atoms with Gasteiger partial charge in [0.05, 0.1) is 0 Å². The van der Waals surface area contributed by atoms with Crippen LogP contribution in [0.5, 0.6) is 0 Å². The molecule has 0 N–H and O–H groups in total. The van der Waals surface area contributed by atoms with Crippen molar-refractivity contribution in [2.45, 2.75) is 0 Å². The lowest BCUT2D eigenvalue weighted by Gasteiger charge is -2.09. The van der Waals surface area contributed by atoms with Crippen molar-refractivity contribution in [1.82, 2.24) is 59.8 Å². The molecule has 30 heterocycles. The zero-order chi connectivity index (χ0) is 73.8. The normalized spacial score (nSPS) is 12.7. The van der Waals surface area contributed by atoms with Crippen LogP contribution in [0.1, 0.15) is 66.8 Å². The van der Waals surface area contributed by atoms with E-state index in [1.807, 2.05) is 109 Å². The van der Waals surface area contributed by atoms with Gasteiger partial charge in [-0.25, -0.2) is 59.8 Å². The molecular formula is C99H60N12. The topological polar surface area (TPSA) is 155 Å². The summed E-state index contributed by atoms with van der Waals surface area (Å²) >= 11 is 0. The van der Waals surface area contributed by atoms with Crippen molar-refractivity contribution in [3.8, 4) is 137 Å². The predicted octanol–water partition coefficient (Wildman–Crippen LogP) is 22.9. The largest absolute Gasteiger partial charge is 0.208 e. The molecule has 36 bridgehead atoms. The Balaban J connectivity index is 0.784. The van der Waals surface area contributed by atoms with Crippen molar-refractivity contribution in [1.29, 1.82) is 0 Å². The maximum Gasteiger partial charge on any atom is 0.164 e. The summed E-state index contributed by atoms with van der Waals surface area (Å²) < 4.78 is 0. The van der Waals surface area contributed by atoms with Crippen molar-refractivity contribution in [3.63, 3.8) is 0 Å². The molecule has 0 atom stereocenters. The Hall–Kier alpha value is -15.5. The molecule has 516 valence electrons. The van der Waals surface area contributed by atoms with E-state index in [0.29, 0.717) is 69.9 Å². The van der Waals surface area contributed by atoms with E-state index < -0.39 is 0 Å². The highest BCUT2D eigenvalue weighted by Crippen LogP contribution is 2.34. The first-order chi connectivity index (χ1) is 54.8. The molecule has 0 spiro atoms. The second kappa shape index (κ2) is 29.4. The average molecular weight is 1420 g/mol. The fourth-order valence-electron chi connectivity index (χ4n) is 13.2. The van der Waals surface area contributed by atoms with Crippen LogP contribution in [-0.4, -0.2) is 59.8 Å². The minimum absolute atomic E-state index is 0.536. The number of aromatic nitrogens is 12. The third-order valence-corrected chi connectivity index (χ3v) is 19.5. The molecule has 0 saturated carbocycles. The highest BCUT2D eigenvalue weighted by molar-refractivity contribution is 5.81. The summed E-state index contributed by atoms with van der Waals surface area (Å²) in [6.07, 6.45) is 24.6. The van der Waals surface area contributed by atoms with E-state index in [9.17, 15) is 0 Å². The second-order valence-electron chi connectivity index (χ2n) is 27.1. The molecule has 26 aliphatic heterocycles. The van der Waals surface area contributed by atoms with Crippen LogP contribution in [0.3, 0.4) is 0 Å². The molecule has 26 aliphatic rings. The number of hydrogen-bond acceptors (Lipinski definition) is 12. The van der Waals surface area contributed by atoms with Gasteiger partial charge < -0.3 is 0 Å². The standard InChI is InChI=1S/C99H60N12/c1-2-5-65-18-42-77(43-19-65)89-102-93-81-50-26-69(27-51-81)9-10-71-30-54-83(55-31-71)95-105-91-79-46-22-67(23-47-79)7-3-6-66-20-44-78(45-21-66)90-100-88(76-40-16-64(4-1)17-41-76)101-92(104-90)80-48-24-68(25-49-80)8-13-73-34-58-85(59-35-73)97-109-98(86-60-36-74(37-61-86)14-11-70-28-52-82(53-29-70)94(103-89)107-93)111-99(110-97)87-62-38-75(39-63-87)15-12-72-32-56-84(57-33-72)96(106-91)108-95/h4-63H/b5-4?,10-9-,13-8?,14-11-,15-12?. The van der Waals surface area contributed by atoms with Gasteiger partial charge in [0.2, 0.25) is 0 Å². The number of rotatable bonds is 0. The van der Waals surface area contributed by atoms with Crippen LogP contribution >= 0.6 is 0 Å². The molecule has 0 amide bonds. The van der Waals surface area contributed by atoms with Crippen LogP contribution in [0, 0.1) is 0 Å².